The Kier molecular flexibility index (Phi) is 5.62. The predicted octanol–water partition coefficient (Wildman–Crippen LogP) is 2.80. The van der Waals surface area contributed by atoms with Crippen molar-refractivity contribution in [3.63, 3.8) is 0 Å². The van der Waals surface area contributed by atoms with Crippen LogP contribution >= 0.6 is 0 Å². The molecule has 0 aromatic rings. The third-order valence-electron chi connectivity index (χ3n) is 3.38. The van der Waals surface area contributed by atoms with Gasteiger partial charge in [0.2, 0.25) is 0 Å². The van der Waals surface area contributed by atoms with E-state index in [1.54, 1.807) is 0 Å². The molecular weight excluding hydrogens is 186 g/mol. The Bertz CT molecular complexity index is 158. The summed E-state index contributed by atoms with van der Waals surface area (Å²) < 4.78 is 0. The predicted molar refractivity (Wildman–Crippen MR) is 65.1 cm³/mol. The molecule has 0 spiro atoms. The second-order valence-electron chi connectivity index (χ2n) is 5.06. The molecular formula is C13H27NO. The zero-order valence-corrected chi connectivity index (χ0v) is 10.5. The van der Waals surface area contributed by atoms with Crippen molar-refractivity contribution in [3.05, 3.63) is 0 Å². The van der Waals surface area contributed by atoms with E-state index in [1.165, 1.54) is 32.1 Å². The Morgan fingerprint density at radius 1 is 1.00 bits per heavy atom. The van der Waals surface area contributed by atoms with Crippen LogP contribution < -0.4 is 0 Å². The first-order valence-electron chi connectivity index (χ1n) is 6.65. The van der Waals surface area contributed by atoms with Crippen LogP contribution in [0.15, 0.2) is 0 Å². The molecule has 1 rings (SSSR count). The van der Waals surface area contributed by atoms with Crippen LogP contribution in [0.3, 0.4) is 0 Å². The fourth-order valence-corrected chi connectivity index (χ4v) is 2.69. The highest BCUT2D eigenvalue weighted by Gasteiger charge is 2.30. The molecule has 0 aliphatic heterocycles. The molecule has 0 aromatic heterocycles. The molecule has 1 aliphatic carbocycles. The molecule has 2 nitrogen and oxygen atoms in total. The molecule has 1 fully saturated rings. The standard InChI is InChI=1S/C13H27NO/c1-3-10-14(11-4-2)12-13(15)8-6-5-7-9-13/h15H,3-12H2,1-2H3. The minimum atomic E-state index is -0.372. The van der Waals surface area contributed by atoms with Crippen LogP contribution in [-0.2, 0) is 0 Å². The van der Waals surface area contributed by atoms with E-state index in [4.69, 9.17) is 0 Å². The lowest BCUT2D eigenvalue weighted by Crippen LogP contribution is -2.45. The highest BCUT2D eigenvalue weighted by atomic mass is 16.3. The van der Waals surface area contributed by atoms with Crippen molar-refractivity contribution in [2.45, 2.75) is 64.4 Å². The van der Waals surface area contributed by atoms with Gasteiger partial charge in [-0.3, -0.25) is 0 Å². The van der Waals surface area contributed by atoms with Gasteiger partial charge in [-0.05, 0) is 38.8 Å². The lowest BCUT2D eigenvalue weighted by atomic mass is 9.84. The van der Waals surface area contributed by atoms with Crippen molar-refractivity contribution in [3.8, 4) is 0 Å². The van der Waals surface area contributed by atoms with E-state index in [0.717, 1.165) is 32.5 Å². The third-order valence-corrected chi connectivity index (χ3v) is 3.38. The van der Waals surface area contributed by atoms with E-state index in [2.05, 4.69) is 18.7 Å². The second-order valence-corrected chi connectivity index (χ2v) is 5.06. The average molecular weight is 213 g/mol. The molecule has 90 valence electrons. The molecule has 0 unspecified atom stereocenters. The van der Waals surface area contributed by atoms with Crippen LogP contribution in [0.4, 0.5) is 0 Å². The first-order valence-corrected chi connectivity index (χ1v) is 6.65. The summed E-state index contributed by atoms with van der Waals surface area (Å²) >= 11 is 0. The van der Waals surface area contributed by atoms with Crippen LogP contribution in [-0.4, -0.2) is 35.2 Å². The first-order chi connectivity index (χ1) is 7.20. The first kappa shape index (κ1) is 13.0. The van der Waals surface area contributed by atoms with Crippen molar-refractivity contribution < 1.29 is 5.11 Å². The summed E-state index contributed by atoms with van der Waals surface area (Å²) in [5.41, 5.74) is -0.372. The molecule has 1 aliphatic rings. The summed E-state index contributed by atoms with van der Waals surface area (Å²) in [5.74, 6) is 0. The van der Waals surface area contributed by atoms with E-state index in [1.807, 2.05) is 0 Å². The molecule has 0 aromatic carbocycles. The van der Waals surface area contributed by atoms with Gasteiger partial charge in [-0.1, -0.05) is 33.1 Å². The van der Waals surface area contributed by atoms with Gasteiger partial charge in [0.1, 0.15) is 0 Å². The van der Waals surface area contributed by atoms with Gasteiger partial charge < -0.3 is 10.0 Å². The van der Waals surface area contributed by atoms with Gasteiger partial charge in [-0.25, -0.2) is 0 Å². The number of rotatable bonds is 6. The summed E-state index contributed by atoms with van der Waals surface area (Å²) in [4.78, 5) is 2.44. The van der Waals surface area contributed by atoms with Crippen LogP contribution in [0, 0.1) is 0 Å². The zero-order valence-electron chi connectivity index (χ0n) is 10.5. The SMILES string of the molecule is CCCN(CCC)CC1(O)CCCCC1. The van der Waals surface area contributed by atoms with Gasteiger partial charge in [-0.2, -0.15) is 0 Å². The molecule has 0 heterocycles. The normalized spacial score (nSPS) is 20.8. The summed E-state index contributed by atoms with van der Waals surface area (Å²) in [6.45, 7) is 7.60. The van der Waals surface area contributed by atoms with Crippen LogP contribution in [0.5, 0.6) is 0 Å². The van der Waals surface area contributed by atoms with Crippen molar-refractivity contribution in [1.82, 2.24) is 4.90 Å². The molecule has 0 bridgehead atoms. The summed E-state index contributed by atoms with van der Waals surface area (Å²) in [6, 6.07) is 0. The molecule has 2 heteroatoms. The Balaban J connectivity index is 2.39. The average Bonchev–Trinajstić information content (AvgIpc) is 2.19. The van der Waals surface area contributed by atoms with E-state index in [-0.39, 0.29) is 5.60 Å². The highest BCUT2D eigenvalue weighted by Crippen LogP contribution is 2.28. The summed E-state index contributed by atoms with van der Waals surface area (Å²) in [6.07, 6.45) is 8.13. The van der Waals surface area contributed by atoms with Crippen LogP contribution in [0.2, 0.25) is 0 Å². The van der Waals surface area contributed by atoms with Gasteiger partial charge in [0, 0.05) is 6.54 Å². The van der Waals surface area contributed by atoms with Gasteiger partial charge in [0.05, 0.1) is 5.60 Å². The largest absolute Gasteiger partial charge is 0.389 e. The number of hydrogen-bond acceptors (Lipinski definition) is 2. The maximum atomic E-state index is 10.5. The molecule has 1 N–H and O–H groups in total. The fraction of sp³-hybridized carbons (Fsp3) is 1.00. The Morgan fingerprint density at radius 3 is 2.00 bits per heavy atom. The maximum absolute atomic E-state index is 10.5. The molecule has 0 saturated heterocycles. The lowest BCUT2D eigenvalue weighted by molar-refractivity contribution is -0.0261. The third kappa shape index (κ3) is 4.52. The van der Waals surface area contributed by atoms with Gasteiger partial charge >= 0.3 is 0 Å². The number of hydrogen-bond donors (Lipinski definition) is 1. The van der Waals surface area contributed by atoms with Crippen molar-refractivity contribution in [1.29, 1.82) is 0 Å². The smallest absolute Gasteiger partial charge is 0.0774 e. The van der Waals surface area contributed by atoms with Gasteiger partial charge in [-0.15, -0.1) is 0 Å². The minimum Gasteiger partial charge on any atom is -0.389 e. The topological polar surface area (TPSA) is 23.5 Å². The Morgan fingerprint density at radius 2 is 1.53 bits per heavy atom. The molecule has 0 atom stereocenters. The van der Waals surface area contributed by atoms with Crippen molar-refractivity contribution >= 4 is 0 Å². The maximum Gasteiger partial charge on any atom is 0.0774 e. The highest BCUT2D eigenvalue weighted by molar-refractivity contribution is 4.85. The summed E-state index contributed by atoms with van der Waals surface area (Å²) in [5, 5.41) is 10.5. The van der Waals surface area contributed by atoms with E-state index in [0.29, 0.717) is 0 Å². The number of aliphatic hydroxyl groups is 1. The minimum absolute atomic E-state index is 0.372. The molecule has 0 radical (unpaired) electrons. The van der Waals surface area contributed by atoms with Gasteiger partial charge in [0.25, 0.3) is 0 Å². The quantitative estimate of drug-likeness (QED) is 0.733. The second kappa shape index (κ2) is 6.49. The molecule has 15 heavy (non-hydrogen) atoms. The van der Waals surface area contributed by atoms with E-state index < -0.39 is 0 Å². The Labute approximate surface area is 94.7 Å². The van der Waals surface area contributed by atoms with E-state index in [9.17, 15) is 5.11 Å². The number of nitrogens with zero attached hydrogens (tertiary/aromatic N) is 1. The molecule has 0 amide bonds. The van der Waals surface area contributed by atoms with Crippen molar-refractivity contribution in [2.24, 2.45) is 0 Å². The van der Waals surface area contributed by atoms with Crippen LogP contribution in [0.1, 0.15) is 58.8 Å². The summed E-state index contributed by atoms with van der Waals surface area (Å²) in [7, 11) is 0. The zero-order chi connectivity index (χ0) is 11.1. The van der Waals surface area contributed by atoms with Gasteiger partial charge in [0.15, 0.2) is 0 Å². The Hall–Kier alpha value is -0.0800. The van der Waals surface area contributed by atoms with Crippen molar-refractivity contribution in [2.75, 3.05) is 19.6 Å². The monoisotopic (exact) mass is 213 g/mol. The van der Waals surface area contributed by atoms with E-state index >= 15 is 0 Å². The van der Waals surface area contributed by atoms with Crippen LogP contribution in [0.25, 0.3) is 0 Å². The fourth-order valence-electron chi connectivity index (χ4n) is 2.69. The lowest BCUT2D eigenvalue weighted by Gasteiger charge is -2.37. The molecule has 1 saturated carbocycles.